The first kappa shape index (κ1) is 16.6. The Balaban J connectivity index is 1.84. The normalized spacial score (nSPS) is 16.7. The number of para-hydroxylation sites is 2. The van der Waals surface area contributed by atoms with E-state index in [9.17, 15) is 5.21 Å². The summed E-state index contributed by atoms with van der Waals surface area (Å²) in [6, 6.07) is 13.7. The molecule has 1 aliphatic heterocycles. The molecule has 132 valence electrons. The van der Waals surface area contributed by atoms with E-state index in [0.717, 1.165) is 27.6 Å². The highest BCUT2D eigenvalue weighted by atomic mass is 32.1. The van der Waals surface area contributed by atoms with Crippen LogP contribution in [0.3, 0.4) is 0 Å². The van der Waals surface area contributed by atoms with Crippen molar-refractivity contribution in [1.82, 2.24) is 10.0 Å². The zero-order valence-corrected chi connectivity index (χ0v) is 15.4. The van der Waals surface area contributed by atoms with Crippen molar-refractivity contribution in [3.05, 3.63) is 82.4 Å². The molecule has 0 saturated heterocycles. The zero-order valence-electron chi connectivity index (χ0n) is 14.5. The Kier molecular flexibility index (Phi) is 4.36. The third-order valence-electron chi connectivity index (χ3n) is 4.35. The van der Waals surface area contributed by atoms with Crippen molar-refractivity contribution in [3.8, 4) is 5.75 Å². The number of aryl methyl sites for hydroxylation is 1. The van der Waals surface area contributed by atoms with Crippen molar-refractivity contribution < 1.29 is 9.94 Å². The number of hydrogen-bond acceptors (Lipinski definition) is 6. The molecule has 0 bridgehead atoms. The van der Waals surface area contributed by atoms with Gasteiger partial charge in [0.25, 0.3) is 0 Å². The second-order valence-corrected chi connectivity index (χ2v) is 6.99. The largest absolute Gasteiger partial charge is 0.495 e. The summed E-state index contributed by atoms with van der Waals surface area (Å²) in [4.78, 5) is 7.14. The van der Waals surface area contributed by atoms with Crippen molar-refractivity contribution in [1.29, 1.82) is 0 Å². The monoisotopic (exact) mass is 365 g/mol. The number of anilines is 1. The first-order chi connectivity index (χ1) is 12.7. The fourth-order valence-corrected chi connectivity index (χ4v) is 4.04. The summed E-state index contributed by atoms with van der Waals surface area (Å²) in [6.45, 7) is 2.05. The van der Waals surface area contributed by atoms with Gasteiger partial charge in [-0.25, -0.2) is 5.06 Å². The van der Waals surface area contributed by atoms with Crippen LogP contribution in [0.1, 0.15) is 22.2 Å². The van der Waals surface area contributed by atoms with E-state index < -0.39 is 6.17 Å². The maximum atomic E-state index is 11.0. The zero-order chi connectivity index (χ0) is 18.1. The minimum absolute atomic E-state index is 0.397. The van der Waals surface area contributed by atoms with E-state index >= 15 is 0 Å². The summed E-state index contributed by atoms with van der Waals surface area (Å²) in [6.07, 6.45) is 5.04. The summed E-state index contributed by atoms with van der Waals surface area (Å²) in [5.41, 5.74) is 3.76. The van der Waals surface area contributed by atoms with Crippen LogP contribution in [0.25, 0.3) is 5.70 Å². The Bertz CT molecular complexity index is 939. The first-order valence-electron chi connectivity index (χ1n) is 8.26. The first-order valence-corrected chi connectivity index (χ1v) is 9.13. The molecule has 2 aromatic heterocycles. The molecule has 5 nitrogen and oxygen atoms in total. The van der Waals surface area contributed by atoms with Gasteiger partial charge in [0.2, 0.25) is 0 Å². The van der Waals surface area contributed by atoms with E-state index in [0.29, 0.717) is 0 Å². The smallest absolute Gasteiger partial charge is 0.157 e. The van der Waals surface area contributed by atoms with Gasteiger partial charge in [-0.05, 0) is 48.2 Å². The third-order valence-corrected chi connectivity index (χ3v) is 5.42. The van der Waals surface area contributed by atoms with Crippen LogP contribution < -0.4 is 9.64 Å². The van der Waals surface area contributed by atoms with Crippen LogP contribution in [0.4, 0.5) is 5.69 Å². The van der Waals surface area contributed by atoms with Gasteiger partial charge in [0.05, 0.1) is 23.4 Å². The van der Waals surface area contributed by atoms with Gasteiger partial charge in [-0.1, -0.05) is 12.1 Å². The van der Waals surface area contributed by atoms with Gasteiger partial charge in [0.1, 0.15) is 5.75 Å². The average Bonchev–Trinajstić information content (AvgIpc) is 3.25. The lowest BCUT2D eigenvalue weighted by Crippen LogP contribution is -2.29. The predicted octanol–water partition coefficient (Wildman–Crippen LogP) is 4.67. The highest BCUT2D eigenvalue weighted by Crippen LogP contribution is 2.44. The molecule has 3 heterocycles. The molecule has 4 rings (SSSR count). The lowest BCUT2D eigenvalue weighted by molar-refractivity contribution is -0.0572. The van der Waals surface area contributed by atoms with Crippen molar-refractivity contribution in [2.45, 2.75) is 13.1 Å². The third kappa shape index (κ3) is 2.83. The molecule has 0 amide bonds. The second-order valence-electron chi connectivity index (χ2n) is 6.08. The molecule has 0 radical (unpaired) electrons. The molecule has 1 atom stereocenters. The molecule has 1 aliphatic rings. The topological polar surface area (TPSA) is 48.8 Å². The van der Waals surface area contributed by atoms with Gasteiger partial charge >= 0.3 is 0 Å². The Hall–Kier alpha value is -2.83. The maximum absolute atomic E-state index is 11.0. The number of hydroxylamine groups is 2. The molecule has 3 aromatic rings. The van der Waals surface area contributed by atoms with Gasteiger partial charge in [-0.3, -0.25) is 10.2 Å². The van der Waals surface area contributed by atoms with Crippen molar-refractivity contribution >= 4 is 22.7 Å². The van der Waals surface area contributed by atoms with Gasteiger partial charge < -0.3 is 9.64 Å². The van der Waals surface area contributed by atoms with Crippen LogP contribution in [0, 0.1) is 6.92 Å². The number of rotatable bonds is 4. The van der Waals surface area contributed by atoms with E-state index in [4.69, 9.17) is 4.74 Å². The molecule has 26 heavy (non-hydrogen) atoms. The fraction of sp³-hybridized carbons (Fsp3) is 0.150. The molecule has 1 aromatic carbocycles. The van der Waals surface area contributed by atoms with Gasteiger partial charge in [-0.15, -0.1) is 11.3 Å². The summed E-state index contributed by atoms with van der Waals surface area (Å²) < 4.78 is 5.54. The lowest BCUT2D eigenvalue weighted by Gasteiger charge is -2.30. The van der Waals surface area contributed by atoms with Crippen LogP contribution >= 0.6 is 11.3 Å². The number of hydrogen-bond donors (Lipinski definition) is 1. The molecule has 0 saturated carbocycles. The Morgan fingerprint density at radius 3 is 2.62 bits per heavy atom. The Labute approximate surface area is 156 Å². The number of ether oxygens (including phenoxy) is 1. The number of benzene rings is 1. The number of aromatic nitrogens is 1. The molecule has 6 heteroatoms. The van der Waals surface area contributed by atoms with Gasteiger partial charge in [0.15, 0.2) is 6.17 Å². The quantitative estimate of drug-likeness (QED) is 0.728. The summed E-state index contributed by atoms with van der Waals surface area (Å²) in [5.74, 6) is 0.750. The molecular weight excluding hydrogens is 346 g/mol. The number of nitrogens with zero attached hydrogens (tertiary/aromatic N) is 3. The fourth-order valence-electron chi connectivity index (χ4n) is 3.13. The van der Waals surface area contributed by atoms with E-state index in [1.807, 2.05) is 47.5 Å². The maximum Gasteiger partial charge on any atom is 0.157 e. The standard InChI is InChI=1S/C20H19N3O2S/c1-14-11-19(26-13-14)17-12-22(16-5-3-4-6-18(16)25-2)20(23(17)24)15-7-9-21-10-8-15/h3-13,20,24H,1-2H3. The molecule has 0 aliphatic carbocycles. The predicted molar refractivity (Wildman–Crippen MR) is 103 cm³/mol. The molecule has 0 fully saturated rings. The summed E-state index contributed by atoms with van der Waals surface area (Å²) in [5, 5.41) is 14.4. The van der Waals surface area contributed by atoms with Crippen molar-refractivity contribution in [2.75, 3.05) is 12.0 Å². The Morgan fingerprint density at radius 2 is 1.92 bits per heavy atom. The van der Waals surface area contributed by atoms with E-state index in [2.05, 4.69) is 23.4 Å². The van der Waals surface area contributed by atoms with Crippen LogP contribution in [-0.2, 0) is 0 Å². The van der Waals surface area contributed by atoms with Gasteiger partial charge in [0, 0.05) is 24.2 Å². The minimum Gasteiger partial charge on any atom is -0.495 e. The van der Waals surface area contributed by atoms with Crippen LogP contribution in [0.15, 0.2) is 66.4 Å². The average molecular weight is 365 g/mol. The van der Waals surface area contributed by atoms with Gasteiger partial charge in [-0.2, -0.15) is 0 Å². The lowest BCUT2D eigenvalue weighted by atomic mass is 10.1. The Morgan fingerprint density at radius 1 is 1.15 bits per heavy atom. The molecule has 1 unspecified atom stereocenters. The highest BCUT2D eigenvalue weighted by Gasteiger charge is 2.36. The minimum atomic E-state index is -0.397. The van der Waals surface area contributed by atoms with E-state index in [-0.39, 0.29) is 0 Å². The van der Waals surface area contributed by atoms with Crippen LogP contribution in [-0.4, -0.2) is 22.4 Å². The number of pyridine rings is 1. The number of methoxy groups -OCH3 is 1. The summed E-state index contributed by atoms with van der Waals surface area (Å²) in [7, 11) is 1.65. The number of thiophene rings is 1. The highest BCUT2D eigenvalue weighted by molar-refractivity contribution is 7.11. The summed E-state index contributed by atoms with van der Waals surface area (Å²) >= 11 is 1.61. The molecule has 0 spiro atoms. The van der Waals surface area contributed by atoms with Crippen molar-refractivity contribution in [3.63, 3.8) is 0 Å². The molecular formula is C20H19N3O2S. The second kappa shape index (κ2) is 6.82. The molecule has 1 N–H and O–H groups in total. The van der Waals surface area contributed by atoms with Crippen LogP contribution in [0.2, 0.25) is 0 Å². The van der Waals surface area contributed by atoms with Crippen LogP contribution in [0.5, 0.6) is 5.75 Å². The van der Waals surface area contributed by atoms with E-state index in [1.54, 1.807) is 30.8 Å². The van der Waals surface area contributed by atoms with Crippen molar-refractivity contribution in [2.24, 2.45) is 0 Å². The SMILES string of the molecule is COc1ccccc1N1C=C(c2cc(C)cs2)N(O)C1c1ccncc1. The van der Waals surface area contributed by atoms with E-state index in [1.165, 1.54) is 10.6 Å².